The average molecular weight is 312 g/mol. The number of hydrogen-bond acceptors (Lipinski definition) is 0. The van der Waals surface area contributed by atoms with Gasteiger partial charge in [0.2, 0.25) is 0 Å². The molecule has 1 atom stereocenters. The third kappa shape index (κ3) is 2.63. The zero-order valence-corrected chi connectivity index (χ0v) is 15.1. The first-order chi connectivity index (χ1) is 9.18. The molecule has 0 aromatic heterocycles. The van der Waals surface area contributed by atoms with E-state index in [2.05, 4.69) is 74.6 Å². The Morgan fingerprint density at radius 1 is 0.900 bits per heavy atom. The average Bonchev–Trinajstić information content (AvgIpc) is 2.75. The van der Waals surface area contributed by atoms with E-state index in [0.717, 1.165) is 5.54 Å². The fourth-order valence-electron chi connectivity index (χ4n) is 3.33. The Labute approximate surface area is 138 Å². The first-order valence-electron chi connectivity index (χ1n) is 7.05. The number of hydrogen-bond donors (Lipinski definition) is 0. The molecule has 1 aliphatic carbocycles. The summed E-state index contributed by atoms with van der Waals surface area (Å²) < 4.78 is 0. The normalized spacial score (nSPS) is 16.6. The van der Waals surface area contributed by atoms with Gasteiger partial charge in [0.1, 0.15) is 0 Å². The van der Waals surface area contributed by atoms with Crippen molar-refractivity contribution in [3.05, 3.63) is 65.2 Å². The van der Waals surface area contributed by atoms with Crippen molar-refractivity contribution >= 4 is 14.9 Å². The molecular formula is C18H20SiTi. The van der Waals surface area contributed by atoms with Crippen LogP contribution in [0.3, 0.4) is 0 Å². The molecule has 3 rings (SSSR count). The van der Waals surface area contributed by atoms with Crippen LogP contribution in [-0.4, -0.2) is 8.80 Å². The van der Waals surface area contributed by atoms with Crippen LogP contribution in [0, 0.1) is 0 Å². The molecule has 0 nitrogen and oxygen atoms in total. The first-order valence-corrected chi connectivity index (χ1v) is 10.0. The minimum atomic E-state index is -0.701. The summed E-state index contributed by atoms with van der Waals surface area (Å²) in [6, 6.07) is 17.5. The third-order valence-electron chi connectivity index (χ3n) is 4.09. The number of allylic oxidation sites excluding steroid dienone is 1. The standard InChI is InChI=1S/C18H20Si.Ti/c1-13-12-17-15(14-8-5-4-6-9-14)10-7-11-16(17)18(13)19(2)3;/h4-12,18-19H,1-3H3;. The first kappa shape index (κ1) is 15.5. The molecule has 0 aliphatic heterocycles. The molecule has 2 aromatic rings. The van der Waals surface area contributed by atoms with Gasteiger partial charge < -0.3 is 0 Å². The molecule has 0 fully saturated rings. The van der Waals surface area contributed by atoms with E-state index in [0.29, 0.717) is 0 Å². The molecule has 0 bridgehead atoms. The van der Waals surface area contributed by atoms with E-state index >= 15 is 0 Å². The molecule has 0 radical (unpaired) electrons. The number of fused-ring (bicyclic) bond motifs is 1. The van der Waals surface area contributed by atoms with Crippen LogP contribution in [0.5, 0.6) is 0 Å². The monoisotopic (exact) mass is 312 g/mol. The summed E-state index contributed by atoms with van der Waals surface area (Å²) in [5.74, 6) is 0. The van der Waals surface area contributed by atoms with Gasteiger partial charge in [-0.25, -0.2) is 0 Å². The maximum Gasteiger partial charge on any atom is 0.0439 e. The maximum atomic E-state index is 2.45. The van der Waals surface area contributed by atoms with Crippen molar-refractivity contribution in [1.82, 2.24) is 0 Å². The molecule has 0 amide bonds. The molecule has 1 unspecified atom stereocenters. The summed E-state index contributed by atoms with van der Waals surface area (Å²) in [6.07, 6.45) is 2.41. The van der Waals surface area contributed by atoms with Gasteiger partial charge in [-0.15, -0.1) is 0 Å². The van der Waals surface area contributed by atoms with Crippen LogP contribution in [0.15, 0.2) is 54.1 Å². The van der Waals surface area contributed by atoms with Crippen molar-refractivity contribution in [1.29, 1.82) is 0 Å². The summed E-state index contributed by atoms with van der Waals surface area (Å²) in [5, 5.41) is 0. The second-order valence-corrected chi connectivity index (χ2v) is 8.94. The van der Waals surface area contributed by atoms with Crippen molar-refractivity contribution in [2.75, 3.05) is 0 Å². The minimum absolute atomic E-state index is 0. The van der Waals surface area contributed by atoms with E-state index in [1.54, 1.807) is 11.1 Å². The van der Waals surface area contributed by atoms with Gasteiger partial charge in [-0.3, -0.25) is 0 Å². The van der Waals surface area contributed by atoms with Crippen molar-refractivity contribution in [3.63, 3.8) is 0 Å². The number of benzene rings is 2. The quantitative estimate of drug-likeness (QED) is 0.694. The summed E-state index contributed by atoms with van der Waals surface area (Å²) in [6.45, 7) is 7.20. The van der Waals surface area contributed by atoms with Crippen molar-refractivity contribution in [3.8, 4) is 11.1 Å². The van der Waals surface area contributed by atoms with Gasteiger partial charge in [0.25, 0.3) is 0 Å². The summed E-state index contributed by atoms with van der Waals surface area (Å²) in [4.78, 5) is 0. The SMILES string of the molecule is CC1=Cc2c(-c3ccccc3)cccc2C1[SiH](C)C.[Ti]. The Bertz CT molecular complexity index is 629. The van der Waals surface area contributed by atoms with E-state index < -0.39 is 8.80 Å². The fraction of sp³-hybridized carbons (Fsp3) is 0.222. The van der Waals surface area contributed by atoms with E-state index in [1.165, 1.54) is 16.7 Å². The van der Waals surface area contributed by atoms with Crippen molar-refractivity contribution < 1.29 is 21.7 Å². The van der Waals surface area contributed by atoms with Gasteiger partial charge in [0, 0.05) is 30.5 Å². The van der Waals surface area contributed by atoms with Crippen LogP contribution in [0.25, 0.3) is 17.2 Å². The summed E-state index contributed by atoms with van der Waals surface area (Å²) in [5.41, 5.74) is 8.00. The van der Waals surface area contributed by atoms with Crippen LogP contribution in [0.2, 0.25) is 13.1 Å². The molecule has 0 saturated carbocycles. The van der Waals surface area contributed by atoms with Crippen LogP contribution in [0.1, 0.15) is 23.6 Å². The molecule has 100 valence electrons. The summed E-state index contributed by atoms with van der Waals surface area (Å²) in [7, 11) is -0.701. The van der Waals surface area contributed by atoms with Gasteiger partial charge in [0.05, 0.1) is 0 Å². The molecular weight excluding hydrogens is 292 g/mol. The molecule has 0 N–H and O–H groups in total. The second-order valence-electron chi connectivity index (χ2n) is 5.78. The van der Waals surface area contributed by atoms with Gasteiger partial charge in [0.15, 0.2) is 0 Å². The van der Waals surface area contributed by atoms with Gasteiger partial charge in [-0.2, -0.15) is 0 Å². The summed E-state index contributed by atoms with van der Waals surface area (Å²) >= 11 is 0. The van der Waals surface area contributed by atoms with Crippen LogP contribution in [0.4, 0.5) is 0 Å². The fourth-order valence-corrected chi connectivity index (χ4v) is 5.49. The maximum absolute atomic E-state index is 2.45. The number of rotatable bonds is 2. The predicted molar refractivity (Wildman–Crippen MR) is 87.1 cm³/mol. The molecule has 1 aliphatic rings. The Balaban J connectivity index is 0.00000147. The zero-order chi connectivity index (χ0) is 13.4. The topological polar surface area (TPSA) is 0 Å². The predicted octanol–water partition coefficient (Wildman–Crippen LogP) is 4.88. The third-order valence-corrected chi connectivity index (χ3v) is 6.31. The Morgan fingerprint density at radius 2 is 1.60 bits per heavy atom. The van der Waals surface area contributed by atoms with E-state index in [-0.39, 0.29) is 21.7 Å². The smallest absolute Gasteiger partial charge is 0.0439 e. The van der Waals surface area contributed by atoms with Crippen molar-refractivity contribution in [2.45, 2.75) is 25.6 Å². The van der Waals surface area contributed by atoms with E-state index in [1.807, 2.05) is 0 Å². The van der Waals surface area contributed by atoms with Crippen LogP contribution < -0.4 is 0 Å². The molecule has 0 spiro atoms. The Kier molecular flexibility index (Phi) is 4.85. The molecule has 2 heteroatoms. The van der Waals surface area contributed by atoms with Gasteiger partial charge in [-0.1, -0.05) is 73.3 Å². The van der Waals surface area contributed by atoms with Gasteiger partial charge >= 0.3 is 0 Å². The Hall–Kier alpha value is -0.889. The largest absolute Gasteiger partial charge is 0.0714 e. The van der Waals surface area contributed by atoms with Crippen LogP contribution >= 0.6 is 0 Å². The Morgan fingerprint density at radius 3 is 2.25 bits per heavy atom. The van der Waals surface area contributed by atoms with Crippen LogP contribution in [-0.2, 0) is 21.7 Å². The zero-order valence-electron chi connectivity index (χ0n) is 12.4. The van der Waals surface area contributed by atoms with E-state index in [4.69, 9.17) is 0 Å². The molecule has 0 heterocycles. The van der Waals surface area contributed by atoms with Crippen molar-refractivity contribution in [2.24, 2.45) is 0 Å². The van der Waals surface area contributed by atoms with Gasteiger partial charge in [-0.05, 0) is 34.7 Å². The van der Waals surface area contributed by atoms with E-state index in [9.17, 15) is 0 Å². The minimum Gasteiger partial charge on any atom is -0.0714 e. The second kappa shape index (κ2) is 6.26. The molecule has 0 saturated heterocycles. The molecule has 20 heavy (non-hydrogen) atoms. The molecule has 2 aromatic carbocycles.